The summed E-state index contributed by atoms with van der Waals surface area (Å²) in [5.74, 6) is -0.0303. The Morgan fingerprint density at radius 2 is 2.00 bits per heavy atom. The molecule has 5 nitrogen and oxygen atoms in total. The first-order valence-corrected chi connectivity index (χ1v) is 7.17. The Bertz CT molecular complexity index is 748. The molecule has 0 radical (unpaired) electrons. The van der Waals surface area contributed by atoms with Crippen molar-refractivity contribution in [3.63, 3.8) is 0 Å². The molecule has 0 unspecified atom stereocenters. The van der Waals surface area contributed by atoms with Crippen molar-refractivity contribution in [2.75, 3.05) is 0 Å². The van der Waals surface area contributed by atoms with E-state index in [9.17, 15) is 4.79 Å². The Balaban J connectivity index is 1.66. The van der Waals surface area contributed by atoms with Gasteiger partial charge in [-0.1, -0.05) is 30.0 Å². The minimum Gasteiger partial charge on any atom is -0.475 e. The largest absolute Gasteiger partial charge is 0.475 e. The van der Waals surface area contributed by atoms with E-state index in [1.54, 1.807) is 12.3 Å². The number of benzene rings is 1. The number of nitrogens with zero attached hydrogens (tertiary/aromatic N) is 1. The molecule has 0 bridgehead atoms. The summed E-state index contributed by atoms with van der Waals surface area (Å²) < 4.78 is 10.6. The molecule has 21 heavy (non-hydrogen) atoms. The fraction of sp³-hybridized carbons (Fsp3) is 0.0667. The molecule has 0 saturated carbocycles. The number of carboxylic acids is 1. The zero-order valence-electron chi connectivity index (χ0n) is 10.9. The lowest BCUT2D eigenvalue weighted by molar-refractivity contribution is 0.0656. The number of carboxylic acid groups (broad SMARTS) is 1. The Kier molecular flexibility index (Phi) is 3.79. The first-order chi connectivity index (χ1) is 10.2. The molecule has 3 aromatic rings. The number of aromatic nitrogens is 1. The first kappa shape index (κ1) is 13.5. The van der Waals surface area contributed by atoms with Gasteiger partial charge in [0, 0.05) is 11.3 Å². The standard InChI is InChI=1S/C15H11NO4S/c17-15(18)12-6-7-13(20-12)21-9-11-8-19-14(16-11)10-4-2-1-3-5-10/h1-8H,9H2,(H,17,18). The predicted octanol–water partition coefficient (Wildman–Crippen LogP) is 3.93. The molecule has 0 fully saturated rings. The van der Waals surface area contributed by atoms with Crippen molar-refractivity contribution in [2.24, 2.45) is 0 Å². The third kappa shape index (κ3) is 3.17. The third-order valence-corrected chi connectivity index (χ3v) is 3.67. The van der Waals surface area contributed by atoms with E-state index < -0.39 is 5.97 Å². The van der Waals surface area contributed by atoms with Gasteiger partial charge in [-0.05, 0) is 24.3 Å². The van der Waals surface area contributed by atoms with Gasteiger partial charge in [0.15, 0.2) is 5.09 Å². The highest BCUT2D eigenvalue weighted by molar-refractivity contribution is 7.98. The van der Waals surface area contributed by atoms with Crippen LogP contribution in [0, 0.1) is 0 Å². The summed E-state index contributed by atoms with van der Waals surface area (Å²) in [6.45, 7) is 0. The van der Waals surface area contributed by atoms with Crippen LogP contribution in [0.1, 0.15) is 16.2 Å². The SMILES string of the molecule is O=C(O)c1ccc(SCc2coc(-c3ccccc3)n2)o1. The average Bonchev–Trinajstić information content (AvgIpc) is 3.15. The topological polar surface area (TPSA) is 76.5 Å². The number of aromatic carboxylic acids is 1. The smallest absolute Gasteiger partial charge is 0.371 e. The van der Waals surface area contributed by atoms with Crippen molar-refractivity contribution in [1.82, 2.24) is 4.98 Å². The molecule has 0 aliphatic heterocycles. The van der Waals surface area contributed by atoms with Crippen molar-refractivity contribution in [3.05, 3.63) is 60.2 Å². The summed E-state index contributed by atoms with van der Waals surface area (Å²) in [7, 11) is 0. The maximum absolute atomic E-state index is 10.7. The van der Waals surface area contributed by atoms with Crippen LogP contribution in [0.5, 0.6) is 0 Å². The molecule has 3 rings (SSSR count). The van der Waals surface area contributed by atoms with Gasteiger partial charge < -0.3 is 13.9 Å². The minimum absolute atomic E-state index is 0.0670. The summed E-state index contributed by atoms with van der Waals surface area (Å²) in [4.78, 5) is 15.1. The summed E-state index contributed by atoms with van der Waals surface area (Å²) in [5, 5.41) is 9.32. The van der Waals surface area contributed by atoms with Crippen LogP contribution < -0.4 is 0 Å². The van der Waals surface area contributed by atoms with E-state index in [1.807, 2.05) is 30.3 Å². The maximum atomic E-state index is 10.7. The fourth-order valence-electron chi connectivity index (χ4n) is 1.74. The number of carbonyl (C=O) groups is 1. The lowest BCUT2D eigenvalue weighted by Crippen LogP contribution is -1.91. The van der Waals surface area contributed by atoms with Crippen molar-refractivity contribution >= 4 is 17.7 Å². The van der Waals surface area contributed by atoms with Crippen molar-refractivity contribution in [1.29, 1.82) is 0 Å². The van der Waals surface area contributed by atoms with E-state index in [0.29, 0.717) is 16.7 Å². The van der Waals surface area contributed by atoms with Gasteiger partial charge in [-0.2, -0.15) is 0 Å². The van der Waals surface area contributed by atoms with Crippen LogP contribution in [-0.4, -0.2) is 16.1 Å². The summed E-state index contributed by atoms with van der Waals surface area (Å²) in [6, 6.07) is 12.7. The second-order valence-corrected chi connectivity index (χ2v) is 5.20. The van der Waals surface area contributed by atoms with Gasteiger partial charge in [-0.3, -0.25) is 0 Å². The molecule has 0 aliphatic carbocycles. The normalized spacial score (nSPS) is 10.7. The van der Waals surface area contributed by atoms with Crippen molar-refractivity contribution < 1.29 is 18.7 Å². The van der Waals surface area contributed by atoms with Crippen molar-refractivity contribution in [3.8, 4) is 11.5 Å². The van der Waals surface area contributed by atoms with Gasteiger partial charge in [0.25, 0.3) is 0 Å². The number of hydrogen-bond acceptors (Lipinski definition) is 5. The zero-order valence-corrected chi connectivity index (χ0v) is 11.7. The van der Waals surface area contributed by atoms with Crippen LogP contribution in [0.2, 0.25) is 0 Å². The monoisotopic (exact) mass is 301 g/mol. The molecule has 1 N–H and O–H groups in total. The molecular formula is C15H11NO4S. The molecule has 0 aliphatic rings. The Morgan fingerprint density at radius 1 is 1.19 bits per heavy atom. The number of rotatable bonds is 5. The van der Waals surface area contributed by atoms with Gasteiger partial charge in [-0.25, -0.2) is 9.78 Å². The lowest BCUT2D eigenvalue weighted by atomic mass is 10.2. The fourth-order valence-corrected chi connectivity index (χ4v) is 2.48. The van der Waals surface area contributed by atoms with Crippen LogP contribution in [0.3, 0.4) is 0 Å². The van der Waals surface area contributed by atoms with Gasteiger partial charge in [0.1, 0.15) is 6.26 Å². The van der Waals surface area contributed by atoms with E-state index >= 15 is 0 Å². The number of thioether (sulfide) groups is 1. The lowest BCUT2D eigenvalue weighted by Gasteiger charge is -1.94. The highest BCUT2D eigenvalue weighted by Gasteiger charge is 2.11. The van der Waals surface area contributed by atoms with Crippen molar-refractivity contribution in [2.45, 2.75) is 10.8 Å². The minimum atomic E-state index is -1.07. The highest BCUT2D eigenvalue weighted by Crippen LogP contribution is 2.26. The van der Waals surface area contributed by atoms with Crippen LogP contribution in [-0.2, 0) is 5.75 Å². The molecule has 1 aromatic carbocycles. The van der Waals surface area contributed by atoms with Gasteiger partial charge in [0.2, 0.25) is 11.7 Å². The molecule has 2 aromatic heterocycles. The highest BCUT2D eigenvalue weighted by atomic mass is 32.2. The number of hydrogen-bond donors (Lipinski definition) is 1. The summed E-state index contributed by atoms with van der Waals surface area (Å²) >= 11 is 1.37. The van der Waals surface area contributed by atoms with E-state index in [4.69, 9.17) is 13.9 Å². The van der Waals surface area contributed by atoms with Gasteiger partial charge in [-0.15, -0.1) is 0 Å². The second kappa shape index (κ2) is 5.88. The molecule has 0 saturated heterocycles. The number of furan rings is 1. The van der Waals surface area contributed by atoms with Crippen LogP contribution in [0.15, 0.2) is 62.7 Å². The third-order valence-electron chi connectivity index (χ3n) is 2.73. The Hall–Kier alpha value is -2.47. The van der Waals surface area contributed by atoms with E-state index in [1.165, 1.54) is 17.8 Å². The van der Waals surface area contributed by atoms with E-state index in [0.717, 1.165) is 11.3 Å². The van der Waals surface area contributed by atoms with Gasteiger partial charge in [0.05, 0.1) is 5.69 Å². The maximum Gasteiger partial charge on any atom is 0.371 e. The van der Waals surface area contributed by atoms with Gasteiger partial charge >= 0.3 is 5.97 Å². The Labute approximate surface area is 124 Å². The van der Waals surface area contributed by atoms with E-state index in [-0.39, 0.29) is 5.76 Å². The molecular weight excluding hydrogens is 290 g/mol. The summed E-state index contributed by atoms with van der Waals surface area (Å²) in [6.07, 6.45) is 1.59. The second-order valence-electron chi connectivity index (χ2n) is 4.22. The van der Waals surface area contributed by atoms with Crippen LogP contribution >= 0.6 is 11.8 Å². The first-order valence-electron chi connectivity index (χ1n) is 6.18. The molecule has 6 heteroatoms. The quantitative estimate of drug-likeness (QED) is 0.720. The number of oxazole rings is 1. The van der Waals surface area contributed by atoms with Crippen LogP contribution in [0.4, 0.5) is 0 Å². The summed E-state index contributed by atoms with van der Waals surface area (Å²) in [5.41, 5.74) is 1.69. The molecule has 0 atom stereocenters. The average molecular weight is 301 g/mol. The predicted molar refractivity (Wildman–Crippen MR) is 77.2 cm³/mol. The molecule has 0 amide bonds. The zero-order chi connectivity index (χ0) is 14.7. The molecule has 2 heterocycles. The van der Waals surface area contributed by atoms with Crippen LogP contribution in [0.25, 0.3) is 11.5 Å². The Morgan fingerprint density at radius 3 is 2.71 bits per heavy atom. The molecule has 0 spiro atoms. The van der Waals surface area contributed by atoms with E-state index in [2.05, 4.69) is 4.98 Å². The molecule has 106 valence electrons.